The molecule has 1 fully saturated rings. The lowest BCUT2D eigenvalue weighted by Crippen LogP contribution is -2.16. The lowest BCUT2D eigenvalue weighted by atomic mass is 10.1. The van der Waals surface area contributed by atoms with E-state index in [0.29, 0.717) is 12.0 Å². The van der Waals surface area contributed by atoms with Gasteiger partial charge in [-0.2, -0.15) is 13.2 Å². The molecular formula is C16H16F3NS. The first-order chi connectivity index (χ1) is 9.99. The molecule has 5 heteroatoms. The van der Waals surface area contributed by atoms with E-state index in [1.165, 1.54) is 17.7 Å². The van der Waals surface area contributed by atoms with Crippen LogP contribution in [0.25, 0.3) is 10.4 Å². The van der Waals surface area contributed by atoms with Crippen molar-refractivity contribution in [2.45, 2.75) is 25.1 Å². The van der Waals surface area contributed by atoms with Crippen LogP contribution in [0.5, 0.6) is 0 Å². The van der Waals surface area contributed by atoms with E-state index in [1.807, 2.05) is 13.1 Å². The predicted molar refractivity (Wildman–Crippen MR) is 79.3 cm³/mol. The van der Waals surface area contributed by atoms with Gasteiger partial charge in [-0.15, -0.1) is 11.3 Å². The first-order valence-corrected chi connectivity index (χ1v) is 7.75. The summed E-state index contributed by atoms with van der Waals surface area (Å²) < 4.78 is 37.7. The highest BCUT2D eigenvalue weighted by Crippen LogP contribution is 2.44. The molecule has 0 spiro atoms. The standard InChI is InChI=1S/C16H16F3NS/c1-20-15(11-2-3-11)14-9-8-13(21-14)10-4-6-12(7-5-10)16(17,18)19/h4-9,11,15,20H,2-3H2,1H3. The molecule has 1 aliphatic rings. The van der Waals surface area contributed by atoms with Crippen molar-refractivity contribution < 1.29 is 13.2 Å². The fourth-order valence-electron chi connectivity index (χ4n) is 2.54. The monoisotopic (exact) mass is 311 g/mol. The van der Waals surface area contributed by atoms with Gasteiger partial charge in [0.2, 0.25) is 0 Å². The zero-order valence-corrected chi connectivity index (χ0v) is 12.4. The third-order valence-corrected chi connectivity index (χ3v) is 5.05. The Morgan fingerprint density at radius 1 is 1.10 bits per heavy atom. The van der Waals surface area contributed by atoms with Crippen molar-refractivity contribution in [3.63, 3.8) is 0 Å². The van der Waals surface area contributed by atoms with E-state index in [0.717, 1.165) is 22.6 Å². The maximum absolute atomic E-state index is 12.6. The Kier molecular flexibility index (Phi) is 3.80. The molecule has 1 aliphatic carbocycles. The van der Waals surface area contributed by atoms with Crippen molar-refractivity contribution in [3.8, 4) is 10.4 Å². The van der Waals surface area contributed by atoms with Gasteiger partial charge in [-0.3, -0.25) is 0 Å². The predicted octanol–water partition coefficient (Wildman–Crippen LogP) is 5.10. The number of alkyl halides is 3. The first kappa shape index (κ1) is 14.6. The molecule has 3 rings (SSSR count). The van der Waals surface area contributed by atoms with Crippen LogP contribution in [-0.4, -0.2) is 7.05 Å². The lowest BCUT2D eigenvalue weighted by molar-refractivity contribution is -0.137. The van der Waals surface area contributed by atoms with Gasteiger partial charge in [-0.05, 0) is 55.6 Å². The number of thiophene rings is 1. The topological polar surface area (TPSA) is 12.0 Å². The van der Waals surface area contributed by atoms with Crippen molar-refractivity contribution in [3.05, 3.63) is 46.8 Å². The summed E-state index contributed by atoms with van der Waals surface area (Å²) in [4.78, 5) is 2.27. The van der Waals surface area contributed by atoms with Gasteiger partial charge in [0.15, 0.2) is 0 Å². The van der Waals surface area contributed by atoms with E-state index in [9.17, 15) is 13.2 Å². The Balaban J connectivity index is 1.82. The van der Waals surface area contributed by atoms with Gasteiger partial charge in [-0.25, -0.2) is 0 Å². The quantitative estimate of drug-likeness (QED) is 0.828. The number of hydrogen-bond donors (Lipinski definition) is 1. The van der Waals surface area contributed by atoms with E-state index < -0.39 is 11.7 Å². The minimum Gasteiger partial charge on any atom is -0.312 e. The molecule has 21 heavy (non-hydrogen) atoms. The number of halogens is 3. The maximum atomic E-state index is 12.6. The zero-order chi connectivity index (χ0) is 15.0. The Labute approximate surface area is 125 Å². The first-order valence-electron chi connectivity index (χ1n) is 6.93. The summed E-state index contributed by atoms with van der Waals surface area (Å²) in [5.41, 5.74) is 0.235. The van der Waals surface area contributed by atoms with Gasteiger partial charge in [0, 0.05) is 15.8 Å². The fourth-order valence-corrected chi connectivity index (χ4v) is 3.76. The lowest BCUT2D eigenvalue weighted by Gasteiger charge is -2.12. The van der Waals surface area contributed by atoms with Crippen LogP contribution in [0.1, 0.15) is 29.3 Å². The van der Waals surface area contributed by atoms with E-state index in [2.05, 4.69) is 11.4 Å². The second-order valence-corrected chi connectivity index (χ2v) is 6.50. The van der Waals surface area contributed by atoms with Crippen LogP contribution >= 0.6 is 11.3 Å². The van der Waals surface area contributed by atoms with Gasteiger partial charge < -0.3 is 5.32 Å². The average molecular weight is 311 g/mol. The molecule has 0 saturated heterocycles. The van der Waals surface area contributed by atoms with Crippen LogP contribution in [0.3, 0.4) is 0 Å². The minimum atomic E-state index is -4.28. The molecule has 1 N–H and O–H groups in total. The fraction of sp³-hybridized carbons (Fsp3) is 0.375. The number of hydrogen-bond acceptors (Lipinski definition) is 2. The molecule has 1 nitrogen and oxygen atoms in total. The Morgan fingerprint density at radius 2 is 1.76 bits per heavy atom. The molecule has 1 atom stereocenters. The molecule has 1 aromatic carbocycles. The normalized spacial score (nSPS) is 17.0. The molecule has 112 valence electrons. The van der Waals surface area contributed by atoms with E-state index >= 15 is 0 Å². The van der Waals surface area contributed by atoms with Crippen molar-refractivity contribution >= 4 is 11.3 Å². The van der Waals surface area contributed by atoms with E-state index in [1.54, 1.807) is 23.5 Å². The van der Waals surface area contributed by atoms with Crippen molar-refractivity contribution in [2.24, 2.45) is 5.92 Å². The number of benzene rings is 1. The molecule has 0 radical (unpaired) electrons. The summed E-state index contributed by atoms with van der Waals surface area (Å²) in [5, 5.41) is 3.34. The Morgan fingerprint density at radius 3 is 2.29 bits per heavy atom. The van der Waals surface area contributed by atoms with Gasteiger partial charge in [0.25, 0.3) is 0 Å². The van der Waals surface area contributed by atoms with Crippen molar-refractivity contribution in [1.29, 1.82) is 0 Å². The van der Waals surface area contributed by atoms with Crippen LogP contribution in [0.2, 0.25) is 0 Å². The largest absolute Gasteiger partial charge is 0.416 e. The highest BCUT2D eigenvalue weighted by atomic mass is 32.1. The highest BCUT2D eigenvalue weighted by Gasteiger charge is 2.32. The van der Waals surface area contributed by atoms with Gasteiger partial charge in [-0.1, -0.05) is 12.1 Å². The smallest absolute Gasteiger partial charge is 0.312 e. The number of rotatable bonds is 4. The molecule has 2 aromatic rings. The third-order valence-electron chi connectivity index (χ3n) is 3.83. The van der Waals surface area contributed by atoms with Crippen molar-refractivity contribution in [2.75, 3.05) is 7.05 Å². The molecule has 1 heterocycles. The molecule has 0 amide bonds. The molecule has 1 unspecified atom stereocenters. The second kappa shape index (κ2) is 5.46. The second-order valence-electron chi connectivity index (χ2n) is 5.38. The number of nitrogens with one attached hydrogen (secondary N) is 1. The SMILES string of the molecule is CNC(c1ccc(-c2ccc(C(F)(F)F)cc2)s1)C1CC1. The minimum absolute atomic E-state index is 0.373. The summed E-state index contributed by atoms with van der Waals surface area (Å²) >= 11 is 1.66. The van der Waals surface area contributed by atoms with Crippen molar-refractivity contribution in [1.82, 2.24) is 5.32 Å². The Bertz CT molecular complexity index is 611. The molecule has 1 saturated carbocycles. The highest BCUT2D eigenvalue weighted by molar-refractivity contribution is 7.15. The van der Waals surface area contributed by atoms with Crippen LogP contribution in [0.15, 0.2) is 36.4 Å². The van der Waals surface area contributed by atoms with Crippen LogP contribution in [0, 0.1) is 5.92 Å². The van der Waals surface area contributed by atoms with Gasteiger partial charge >= 0.3 is 6.18 Å². The third kappa shape index (κ3) is 3.14. The maximum Gasteiger partial charge on any atom is 0.416 e. The van der Waals surface area contributed by atoms with E-state index in [4.69, 9.17) is 0 Å². The Hall–Kier alpha value is -1.33. The summed E-state index contributed by atoms with van der Waals surface area (Å²) in [6, 6.07) is 9.83. The average Bonchev–Trinajstić information content (AvgIpc) is 3.16. The summed E-state index contributed by atoms with van der Waals surface area (Å²) in [6.07, 6.45) is -1.78. The molecule has 0 bridgehead atoms. The molecule has 1 aromatic heterocycles. The van der Waals surface area contributed by atoms with Crippen LogP contribution in [0.4, 0.5) is 13.2 Å². The summed E-state index contributed by atoms with van der Waals surface area (Å²) in [7, 11) is 1.96. The van der Waals surface area contributed by atoms with E-state index in [-0.39, 0.29) is 0 Å². The van der Waals surface area contributed by atoms with Crippen LogP contribution in [-0.2, 0) is 6.18 Å². The van der Waals surface area contributed by atoms with Crippen LogP contribution < -0.4 is 5.32 Å². The summed E-state index contributed by atoms with van der Waals surface area (Å²) in [6.45, 7) is 0. The van der Waals surface area contributed by atoms with Gasteiger partial charge in [0.1, 0.15) is 0 Å². The molecular weight excluding hydrogens is 295 g/mol. The summed E-state index contributed by atoms with van der Waals surface area (Å²) in [5.74, 6) is 0.703. The molecule has 0 aliphatic heterocycles. The van der Waals surface area contributed by atoms with Gasteiger partial charge in [0.05, 0.1) is 5.56 Å². The zero-order valence-electron chi connectivity index (χ0n) is 11.6.